The van der Waals surface area contributed by atoms with Crippen molar-refractivity contribution >= 4 is 17.6 Å². The number of hydrogen-bond donors (Lipinski definition) is 2. The van der Waals surface area contributed by atoms with Crippen LogP contribution in [0.3, 0.4) is 0 Å². The monoisotopic (exact) mass is 589 g/mol. The first-order valence-electron chi connectivity index (χ1n) is 12.9. The molecule has 4 aromatic rings. The number of aliphatic hydroxyl groups excluding tert-OH is 1. The van der Waals surface area contributed by atoms with Crippen LogP contribution in [-0.2, 0) is 0 Å². The normalized spacial score (nSPS) is 14.5. The minimum Gasteiger partial charge on any atom is -0.478 e. The molecule has 1 atom stereocenters. The minimum absolute atomic E-state index is 0.0274. The number of aliphatic hydroxyl groups is 1. The van der Waals surface area contributed by atoms with Crippen LogP contribution in [0.4, 0.5) is 13.2 Å². The van der Waals surface area contributed by atoms with Gasteiger partial charge in [-0.25, -0.2) is 4.79 Å². The maximum absolute atomic E-state index is 12.8. The van der Waals surface area contributed by atoms with Gasteiger partial charge in [-0.15, -0.1) is 13.2 Å². The number of nitrogens with zero attached hydrogens (tertiary/aromatic N) is 1. The average Bonchev–Trinajstić information content (AvgIpc) is 3.87. The van der Waals surface area contributed by atoms with Gasteiger partial charge < -0.3 is 24.2 Å². The summed E-state index contributed by atoms with van der Waals surface area (Å²) in [6.45, 7) is 0. The lowest BCUT2D eigenvalue weighted by Crippen LogP contribution is -2.18. The van der Waals surface area contributed by atoms with Crippen molar-refractivity contribution in [1.29, 1.82) is 0 Å². The highest BCUT2D eigenvalue weighted by atomic mass is 35.5. The Morgan fingerprint density at radius 3 is 2.20 bits per heavy atom. The van der Waals surface area contributed by atoms with Crippen LogP contribution < -0.4 is 9.47 Å². The second-order valence-electron chi connectivity index (χ2n) is 9.29. The van der Waals surface area contributed by atoms with E-state index in [1.54, 1.807) is 48.5 Å². The number of aromatic nitrogens is 1. The largest absolute Gasteiger partial charge is 0.573 e. The van der Waals surface area contributed by atoms with Crippen molar-refractivity contribution in [1.82, 2.24) is 5.16 Å². The fraction of sp³-hybridized carbons (Fsp3) is 0.267. The highest BCUT2D eigenvalue weighted by molar-refractivity contribution is 6.30. The predicted octanol–water partition coefficient (Wildman–Crippen LogP) is 8.40. The van der Waals surface area contributed by atoms with Crippen LogP contribution in [0.25, 0.3) is 11.3 Å². The summed E-state index contributed by atoms with van der Waals surface area (Å²) in [5.41, 5.74) is 0.564. The van der Waals surface area contributed by atoms with E-state index in [4.69, 9.17) is 26.0 Å². The molecular weight excluding hydrogens is 563 g/mol. The highest BCUT2D eigenvalue weighted by Crippen LogP contribution is 2.47. The number of ether oxygens (including phenoxy) is 2. The summed E-state index contributed by atoms with van der Waals surface area (Å²) in [6, 6.07) is 20.2. The lowest BCUT2D eigenvalue weighted by Gasteiger charge is -2.16. The molecule has 2 aliphatic carbocycles. The van der Waals surface area contributed by atoms with Gasteiger partial charge in [0, 0.05) is 16.5 Å². The lowest BCUT2D eigenvalue weighted by atomic mass is 10.0. The molecule has 11 heteroatoms. The van der Waals surface area contributed by atoms with Crippen LogP contribution in [-0.4, -0.2) is 27.7 Å². The third-order valence-electron chi connectivity index (χ3n) is 5.74. The third-order valence-corrected chi connectivity index (χ3v) is 5.97. The number of carboxylic acid groups (broad SMARTS) is 1. The molecule has 2 N–H and O–H groups in total. The summed E-state index contributed by atoms with van der Waals surface area (Å²) in [5, 5.41) is 23.5. The molecule has 6 rings (SSSR count). The molecule has 2 aliphatic rings. The van der Waals surface area contributed by atoms with E-state index in [-0.39, 0.29) is 22.7 Å². The van der Waals surface area contributed by atoms with Gasteiger partial charge in [0.15, 0.2) is 0 Å². The average molecular weight is 590 g/mol. The predicted molar refractivity (Wildman–Crippen MR) is 145 cm³/mol. The van der Waals surface area contributed by atoms with Gasteiger partial charge in [0.25, 0.3) is 0 Å². The summed E-state index contributed by atoms with van der Waals surface area (Å²) >= 11 is 5.94. The van der Waals surface area contributed by atoms with E-state index in [2.05, 4.69) is 9.89 Å². The number of carbonyl (C=O) groups is 1. The van der Waals surface area contributed by atoms with Crippen molar-refractivity contribution < 1.29 is 42.2 Å². The van der Waals surface area contributed by atoms with Crippen molar-refractivity contribution in [2.45, 2.75) is 50.7 Å². The Bertz CT molecular complexity index is 1430. The quantitative estimate of drug-likeness (QED) is 0.209. The van der Waals surface area contributed by atoms with E-state index in [1.165, 1.54) is 49.6 Å². The van der Waals surface area contributed by atoms with E-state index < -0.39 is 24.4 Å². The van der Waals surface area contributed by atoms with E-state index in [0.717, 1.165) is 12.8 Å². The number of benzene rings is 3. The van der Waals surface area contributed by atoms with Gasteiger partial charge in [-0.2, -0.15) is 0 Å². The van der Waals surface area contributed by atoms with Crippen molar-refractivity contribution in [3.05, 3.63) is 101 Å². The zero-order chi connectivity index (χ0) is 29.4. The molecule has 1 heterocycles. The van der Waals surface area contributed by atoms with Gasteiger partial charge >= 0.3 is 12.3 Å². The van der Waals surface area contributed by atoms with E-state index in [9.17, 15) is 23.1 Å². The van der Waals surface area contributed by atoms with E-state index in [0.29, 0.717) is 22.1 Å². The summed E-state index contributed by atoms with van der Waals surface area (Å²) in [6.07, 6.45) is -0.252. The lowest BCUT2D eigenvalue weighted by molar-refractivity contribution is -0.274. The molecular formula is C30H27ClF3NO6. The molecule has 0 bridgehead atoms. The summed E-state index contributed by atoms with van der Waals surface area (Å²) in [5.74, 6) is -0.628. The Morgan fingerprint density at radius 1 is 0.976 bits per heavy atom. The molecule has 2 fully saturated rings. The topological polar surface area (TPSA) is 102 Å². The number of carboxylic acids is 1. The van der Waals surface area contributed by atoms with E-state index >= 15 is 0 Å². The molecule has 0 spiro atoms. The van der Waals surface area contributed by atoms with Gasteiger partial charge in [-0.1, -0.05) is 72.4 Å². The van der Waals surface area contributed by atoms with Crippen LogP contribution in [0.15, 0.2) is 83.4 Å². The molecule has 3 aromatic carbocycles. The van der Waals surface area contributed by atoms with Crippen molar-refractivity contribution in [2.75, 3.05) is 0 Å². The Kier molecular flexibility index (Phi) is 9.91. The Balaban J connectivity index is 0.000000266. The van der Waals surface area contributed by atoms with Gasteiger partial charge in [0.2, 0.25) is 6.29 Å². The number of alkyl halides is 3. The third kappa shape index (κ3) is 9.26. The number of aromatic carboxylic acids is 1. The first-order chi connectivity index (χ1) is 19.6. The maximum Gasteiger partial charge on any atom is 0.573 e. The Hall–Kier alpha value is -4.02. The van der Waals surface area contributed by atoms with Crippen molar-refractivity contribution in [3.8, 4) is 22.8 Å². The van der Waals surface area contributed by atoms with Gasteiger partial charge in [0.1, 0.15) is 23.0 Å². The molecule has 0 saturated heterocycles. The van der Waals surface area contributed by atoms with Crippen LogP contribution in [0.5, 0.6) is 11.5 Å². The molecule has 1 aromatic heterocycles. The molecule has 0 amide bonds. The first kappa shape index (κ1) is 30.0. The zero-order valence-corrected chi connectivity index (χ0v) is 22.4. The molecule has 7 nitrogen and oxygen atoms in total. The van der Waals surface area contributed by atoms with Gasteiger partial charge in [0.05, 0.1) is 11.1 Å². The second kappa shape index (κ2) is 13.6. The SMILES string of the molecule is C1CC1.O=C(O)c1ccccc1.OC(Oc1cccc(Cl)c1)c1c(-c2ccccc2OC(F)(F)F)noc1C1CC1. The second-order valence-corrected chi connectivity index (χ2v) is 9.72. The van der Waals surface area contributed by atoms with Crippen LogP contribution in [0.1, 0.15) is 66.0 Å². The molecule has 41 heavy (non-hydrogen) atoms. The molecule has 0 aliphatic heterocycles. The highest BCUT2D eigenvalue weighted by Gasteiger charge is 2.38. The molecule has 1 unspecified atom stereocenters. The standard InChI is InChI=1S/C20H15ClF3NO4.C7H6O2.C3H6/c21-12-4-3-5-13(10-12)27-19(26)16-17(25-29-18(16)11-8-9-11)14-6-1-2-7-15(14)28-20(22,23)24;8-7(9)6-4-2-1-3-5-6;1-2-3-1/h1-7,10-11,19,26H,8-9H2;1-5H,(H,8,9);1-3H2. The Labute approximate surface area is 239 Å². The summed E-state index contributed by atoms with van der Waals surface area (Å²) < 4.78 is 53.5. The van der Waals surface area contributed by atoms with Gasteiger partial charge in [-0.3, -0.25) is 0 Å². The zero-order valence-electron chi connectivity index (χ0n) is 21.7. The number of halogens is 4. The van der Waals surface area contributed by atoms with Crippen LogP contribution in [0, 0.1) is 0 Å². The smallest absolute Gasteiger partial charge is 0.478 e. The fourth-order valence-electron chi connectivity index (χ4n) is 3.57. The van der Waals surface area contributed by atoms with Crippen LogP contribution in [0.2, 0.25) is 5.02 Å². The van der Waals surface area contributed by atoms with Crippen LogP contribution >= 0.6 is 11.6 Å². The molecule has 2 saturated carbocycles. The Morgan fingerprint density at radius 2 is 1.63 bits per heavy atom. The van der Waals surface area contributed by atoms with Gasteiger partial charge in [-0.05, 0) is 55.3 Å². The van der Waals surface area contributed by atoms with Crippen molar-refractivity contribution in [2.24, 2.45) is 0 Å². The summed E-state index contributed by atoms with van der Waals surface area (Å²) in [7, 11) is 0. The van der Waals surface area contributed by atoms with E-state index in [1.807, 2.05) is 0 Å². The first-order valence-corrected chi connectivity index (χ1v) is 13.2. The number of hydrogen-bond acceptors (Lipinski definition) is 6. The minimum atomic E-state index is -4.88. The fourth-order valence-corrected chi connectivity index (χ4v) is 3.75. The summed E-state index contributed by atoms with van der Waals surface area (Å²) in [4.78, 5) is 10.2. The molecule has 216 valence electrons. The van der Waals surface area contributed by atoms with Crippen molar-refractivity contribution in [3.63, 3.8) is 0 Å². The molecule has 0 radical (unpaired) electrons. The number of rotatable bonds is 7. The number of para-hydroxylation sites is 1. The maximum atomic E-state index is 12.8.